The van der Waals surface area contributed by atoms with E-state index >= 15 is 4.39 Å². The van der Waals surface area contributed by atoms with Gasteiger partial charge in [0.2, 0.25) is 15.9 Å². The summed E-state index contributed by atoms with van der Waals surface area (Å²) in [4.78, 5) is 42.0. The van der Waals surface area contributed by atoms with Crippen LogP contribution in [0.1, 0.15) is 12.6 Å². The van der Waals surface area contributed by atoms with E-state index in [2.05, 4.69) is 26.3 Å². The summed E-state index contributed by atoms with van der Waals surface area (Å²) < 4.78 is 60.1. The van der Waals surface area contributed by atoms with Gasteiger partial charge >= 0.3 is 5.69 Å². The number of piperazine rings is 1. The first kappa shape index (κ1) is 29.7. The van der Waals surface area contributed by atoms with Gasteiger partial charge in [-0.25, -0.2) is 36.3 Å². The minimum absolute atomic E-state index is 0.0437. The third-order valence-electron chi connectivity index (χ3n) is 7.32. The number of aromatic nitrogens is 4. The van der Waals surface area contributed by atoms with E-state index in [-0.39, 0.29) is 76.0 Å². The predicted octanol–water partition coefficient (Wildman–Crippen LogP) is 2.14. The molecule has 4 aromatic rings. The lowest BCUT2D eigenvalue weighted by molar-refractivity contribution is -0.126. The number of halogens is 2. The maximum Gasteiger partial charge on any atom is 0.355 e. The highest BCUT2D eigenvalue weighted by atomic mass is 32.2. The van der Waals surface area contributed by atoms with Crippen molar-refractivity contribution in [2.45, 2.75) is 24.8 Å². The molecule has 3 aromatic heterocycles. The van der Waals surface area contributed by atoms with E-state index in [1.54, 1.807) is 9.80 Å². The smallest absolute Gasteiger partial charge is 0.355 e. The standard InChI is InChI=1S/C28H28F2N8O4S/c1-5-22(39)36-11-12-37(15(2)14-36)26-17-13-19(30)24(23-18(29)7-6-8-20(23)31)34-27(17)38(28(40)35-26)25-16(3)33-10-9-21(25)43(41,42)32-4/h5-10,13,15,32H,1,11-12,14,31H2,2-4H3/t15-/m0/s1. The highest BCUT2D eigenvalue weighted by molar-refractivity contribution is 7.89. The van der Waals surface area contributed by atoms with Gasteiger partial charge in [0, 0.05) is 37.6 Å². The molecule has 1 atom stereocenters. The van der Waals surface area contributed by atoms with Gasteiger partial charge in [-0.1, -0.05) is 12.6 Å². The van der Waals surface area contributed by atoms with Crippen molar-refractivity contribution in [3.63, 3.8) is 0 Å². The molecule has 0 unspecified atom stereocenters. The monoisotopic (exact) mass is 610 g/mol. The van der Waals surface area contributed by atoms with E-state index in [1.807, 2.05) is 6.92 Å². The van der Waals surface area contributed by atoms with Crippen molar-refractivity contribution in [3.8, 4) is 16.9 Å². The van der Waals surface area contributed by atoms with Crippen molar-refractivity contribution in [2.75, 3.05) is 37.3 Å². The molecule has 5 rings (SSSR count). The van der Waals surface area contributed by atoms with Crippen LogP contribution in [0, 0.1) is 18.6 Å². The molecule has 0 aliphatic carbocycles. The van der Waals surface area contributed by atoms with Crippen LogP contribution in [-0.4, -0.2) is 71.5 Å². The lowest BCUT2D eigenvalue weighted by Crippen LogP contribution is -2.54. The fourth-order valence-corrected chi connectivity index (χ4v) is 6.18. The first-order valence-corrected chi connectivity index (χ1v) is 14.6. The highest BCUT2D eigenvalue weighted by Crippen LogP contribution is 2.35. The topological polar surface area (TPSA) is 156 Å². The molecule has 1 fully saturated rings. The van der Waals surface area contributed by atoms with Gasteiger partial charge in [-0.05, 0) is 51.2 Å². The van der Waals surface area contributed by atoms with Crippen LogP contribution in [0.15, 0.2) is 58.9 Å². The normalized spacial score (nSPS) is 15.6. The van der Waals surface area contributed by atoms with Gasteiger partial charge < -0.3 is 15.5 Å². The number of fused-ring (bicyclic) bond motifs is 1. The number of carbonyl (C=O) groups is 1. The van der Waals surface area contributed by atoms with Crippen molar-refractivity contribution in [2.24, 2.45) is 0 Å². The number of nitrogen functional groups attached to an aromatic ring is 1. The number of nitrogens with two attached hydrogens (primary N) is 1. The molecule has 0 bridgehead atoms. The first-order chi connectivity index (χ1) is 20.4. The lowest BCUT2D eigenvalue weighted by atomic mass is 10.1. The minimum atomic E-state index is -4.14. The van der Waals surface area contributed by atoms with Crippen LogP contribution in [0.2, 0.25) is 0 Å². The number of nitrogens with zero attached hydrogens (tertiary/aromatic N) is 6. The Labute approximate surface area is 245 Å². The summed E-state index contributed by atoms with van der Waals surface area (Å²) in [5.74, 6) is -1.99. The fourth-order valence-electron chi connectivity index (χ4n) is 5.23. The molecule has 1 saturated heterocycles. The Morgan fingerprint density at radius 2 is 1.93 bits per heavy atom. The second-order valence-electron chi connectivity index (χ2n) is 9.93. The molecular weight excluding hydrogens is 582 g/mol. The molecule has 224 valence electrons. The maximum absolute atomic E-state index is 15.9. The van der Waals surface area contributed by atoms with E-state index in [9.17, 15) is 22.4 Å². The Balaban J connectivity index is 1.87. The second-order valence-corrected chi connectivity index (χ2v) is 11.8. The molecule has 1 amide bonds. The largest absolute Gasteiger partial charge is 0.398 e. The van der Waals surface area contributed by atoms with Crippen LogP contribution in [0.5, 0.6) is 0 Å². The van der Waals surface area contributed by atoms with Crippen LogP contribution in [0.3, 0.4) is 0 Å². The molecule has 3 N–H and O–H groups in total. The summed E-state index contributed by atoms with van der Waals surface area (Å²) in [6, 6.07) is 5.73. The van der Waals surface area contributed by atoms with Crippen LogP contribution >= 0.6 is 0 Å². The average molecular weight is 611 g/mol. The lowest BCUT2D eigenvalue weighted by Gasteiger charge is -2.40. The zero-order valence-corrected chi connectivity index (χ0v) is 24.3. The summed E-state index contributed by atoms with van der Waals surface area (Å²) in [7, 11) is -2.93. The number of pyridine rings is 2. The zero-order valence-electron chi connectivity index (χ0n) is 23.5. The fraction of sp³-hybridized carbons (Fsp3) is 0.250. The maximum atomic E-state index is 15.9. The number of hydrogen-bond acceptors (Lipinski definition) is 9. The third kappa shape index (κ3) is 5.10. The molecule has 0 radical (unpaired) electrons. The van der Waals surface area contributed by atoms with Gasteiger partial charge in [-0.15, -0.1) is 0 Å². The highest BCUT2D eigenvalue weighted by Gasteiger charge is 2.31. The van der Waals surface area contributed by atoms with Crippen LogP contribution in [-0.2, 0) is 14.8 Å². The predicted molar refractivity (Wildman–Crippen MR) is 157 cm³/mol. The van der Waals surface area contributed by atoms with Crippen molar-refractivity contribution in [1.82, 2.24) is 29.1 Å². The molecule has 15 heteroatoms. The van der Waals surface area contributed by atoms with Gasteiger partial charge in [-0.3, -0.25) is 9.78 Å². The van der Waals surface area contributed by atoms with E-state index < -0.39 is 33.0 Å². The van der Waals surface area contributed by atoms with Gasteiger partial charge in [0.15, 0.2) is 11.5 Å². The number of carbonyl (C=O) groups excluding carboxylic acids is 1. The first-order valence-electron chi connectivity index (χ1n) is 13.1. The Morgan fingerprint density at radius 3 is 2.58 bits per heavy atom. The van der Waals surface area contributed by atoms with E-state index in [1.165, 1.54) is 44.4 Å². The molecule has 12 nitrogen and oxygen atoms in total. The van der Waals surface area contributed by atoms with Gasteiger partial charge in [-0.2, -0.15) is 4.98 Å². The van der Waals surface area contributed by atoms with Crippen LogP contribution in [0.25, 0.3) is 28.0 Å². The van der Waals surface area contributed by atoms with Crippen molar-refractivity contribution in [1.29, 1.82) is 0 Å². The molecule has 0 saturated carbocycles. The number of amides is 1. The Morgan fingerprint density at radius 1 is 1.19 bits per heavy atom. The summed E-state index contributed by atoms with van der Waals surface area (Å²) in [6.07, 6.45) is 2.47. The van der Waals surface area contributed by atoms with Gasteiger partial charge in [0.05, 0.1) is 22.3 Å². The molecule has 1 aliphatic heterocycles. The summed E-state index contributed by atoms with van der Waals surface area (Å²) in [6.45, 7) is 7.60. The molecule has 4 heterocycles. The van der Waals surface area contributed by atoms with Crippen molar-refractivity contribution < 1.29 is 22.0 Å². The van der Waals surface area contributed by atoms with Crippen molar-refractivity contribution >= 4 is 38.5 Å². The number of hydrogen-bond donors (Lipinski definition) is 2. The Hall–Kier alpha value is -4.76. The average Bonchev–Trinajstić information content (AvgIpc) is 2.97. The van der Waals surface area contributed by atoms with Crippen LogP contribution in [0.4, 0.5) is 20.3 Å². The summed E-state index contributed by atoms with van der Waals surface area (Å²) in [5, 5.41) is 0.0437. The number of rotatable bonds is 6. The summed E-state index contributed by atoms with van der Waals surface area (Å²) >= 11 is 0. The number of benzene rings is 1. The van der Waals surface area contributed by atoms with Crippen molar-refractivity contribution in [3.05, 3.63) is 77.0 Å². The minimum Gasteiger partial charge on any atom is -0.398 e. The molecule has 43 heavy (non-hydrogen) atoms. The van der Waals surface area contributed by atoms with Gasteiger partial charge in [0.25, 0.3) is 0 Å². The Kier molecular flexibility index (Phi) is 7.70. The summed E-state index contributed by atoms with van der Waals surface area (Å²) in [5.41, 5.74) is 3.95. The molecule has 1 aliphatic rings. The number of sulfonamides is 1. The zero-order chi connectivity index (χ0) is 31.2. The molecular formula is C28H28F2N8O4S. The Bertz CT molecular complexity index is 1940. The second kappa shape index (κ2) is 11.1. The van der Waals surface area contributed by atoms with E-state index in [0.29, 0.717) is 0 Å². The SMILES string of the molecule is C=CC(=O)N1CCN(c2nc(=O)n(-c3c(S(=O)(=O)NC)ccnc3C)c3nc(-c4c(N)cccc4F)c(F)cc23)[C@@H](C)C1. The van der Waals surface area contributed by atoms with Gasteiger partial charge in [0.1, 0.15) is 22.2 Å². The van der Waals surface area contributed by atoms with E-state index in [4.69, 9.17) is 5.73 Å². The molecule has 1 aromatic carbocycles. The molecule has 0 spiro atoms. The number of aryl methyl sites for hydroxylation is 1. The third-order valence-corrected chi connectivity index (χ3v) is 8.77. The quantitative estimate of drug-likeness (QED) is 0.247. The number of anilines is 2. The van der Waals surface area contributed by atoms with Crippen LogP contribution < -0.4 is 21.0 Å². The number of nitrogens with one attached hydrogen (secondary N) is 1. The van der Waals surface area contributed by atoms with E-state index in [0.717, 1.165) is 16.7 Å².